The Bertz CT molecular complexity index is 566. The average Bonchev–Trinajstić information content (AvgIpc) is 2.48. The summed E-state index contributed by atoms with van der Waals surface area (Å²) in [7, 11) is 0. The number of benzene rings is 2. The van der Waals surface area contributed by atoms with Gasteiger partial charge in [-0.1, -0.05) is 61.5 Å². The molecule has 1 unspecified atom stereocenters. The van der Waals surface area contributed by atoms with Crippen LogP contribution in [0.2, 0.25) is 0 Å². The molecule has 104 valence electrons. The summed E-state index contributed by atoms with van der Waals surface area (Å²) in [5.41, 5.74) is 3.17. The lowest BCUT2D eigenvalue weighted by Gasteiger charge is -2.16. The Morgan fingerprint density at radius 3 is 2.25 bits per heavy atom. The highest BCUT2D eigenvalue weighted by Gasteiger charge is 2.18. The Hall–Kier alpha value is -2.13. The average molecular weight is 269 g/mol. The van der Waals surface area contributed by atoms with E-state index in [0.717, 1.165) is 17.5 Å². The standard InChI is InChI=1S/C17H19NO2/c1-2-13-8-6-7-11-15(13)12-18-16(17(19)20)14-9-4-3-5-10-14/h3-11,16,18H,2,12H2,1H3,(H,19,20). The van der Waals surface area contributed by atoms with Crippen LogP contribution >= 0.6 is 0 Å². The Balaban J connectivity index is 2.12. The molecule has 0 aliphatic rings. The molecule has 0 saturated carbocycles. The van der Waals surface area contributed by atoms with Crippen molar-refractivity contribution in [1.29, 1.82) is 0 Å². The fourth-order valence-electron chi connectivity index (χ4n) is 2.28. The van der Waals surface area contributed by atoms with Crippen LogP contribution in [0, 0.1) is 0 Å². The van der Waals surface area contributed by atoms with Gasteiger partial charge in [-0.15, -0.1) is 0 Å². The molecule has 0 heterocycles. The first-order chi connectivity index (χ1) is 9.72. The van der Waals surface area contributed by atoms with Gasteiger partial charge in [0.1, 0.15) is 6.04 Å². The summed E-state index contributed by atoms with van der Waals surface area (Å²) in [4.78, 5) is 11.4. The minimum atomic E-state index is -0.856. The van der Waals surface area contributed by atoms with Gasteiger partial charge in [-0.25, -0.2) is 0 Å². The van der Waals surface area contributed by atoms with E-state index in [2.05, 4.69) is 18.3 Å². The van der Waals surface area contributed by atoms with Crippen LogP contribution in [-0.2, 0) is 17.8 Å². The number of hydrogen-bond acceptors (Lipinski definition) is 2. The first kappa shape index (κ1) is 14.3. The van der Waals surface area contributed by atoms with Crippen LogP contribution in [0.5, 0.6) is 0 Å². The van der Waals surface area contributed by atoms with E-state index >= 15 is 0 Å². The molecule has 3 heteroatoms. The third-order valence-corrected chi connectivity index (χ3v) is 3.38. The molecular weight excluding hydrogens is 250 g/mol. The van der Waals surface area contributed by atoms with E-state index in [1.807, 2.05) is 48.5 Å². The summed E-state index contributed by atoms with van der Waals surface area (Å²) < 4.78 is 0. The van der Waals surface area contributed by atoms with Gasteiger partial charge < -0.3 is 5.11 Å². The van der Waals surface area contributed by atoms with Crippen molar-refractivity contribution in [1.82, 2.24) is 5.32 Å². The van der Waals surface area contributed by atoms with Crippen LogP contribution in [0.3, 0.4) is 0 Å². The monoisotopic (exact) mass is 269 g/mol. The minimum absolute atomic E-state index is 0.551. The zero-order chi connectivity index (χ0) is 14.4. The van der Waals surface area contributed by atoms with Crippen molar-refractivity contribution < 1.29 is 9.90 Å². The van der Waals surface area contributed by atoms with E-state index in [4.69, 9.17) is 0 Å². The second kappa shape index (κ2) is 6.87. The van der Waals surface area contributed by atoms with Crippen molar-refractivity contribution >= 4 is 5.97 Å². The van der Waals surface area contributed by atoms with Gasteiger partial charge in [-0.3, -0.25) is 10.1 Å². The largest absolute Gasteiger partial charge is 0.480 e. The number of carboxylic acids is 1. The van der Waals surface area contributed by atoms with Gasteiger partial charge in [0.25, 0.3) is 0 Å². The molecule has 20 heavy (non-hydrogen) atoms. The molecule has 0 aromatic heterocycles. The second-order valence-electron chi connectivity index (χ2n) is 4.69. The molecule has 0 bridgehead atoms. The molecule has 0 radical (unpaired) electrons. The highest BCUT2D eigenvalue weighted by molar-refractivity contribution is 5.75. The van der Waals surface area contributed by atoms with Crippen molar-refractivity contribution in [2.75, 3.05) is 0 Å². The first-order valence-electron chi connectivity index (χ1n) is 6.80. The van der Waals surface area contributed by atoms with Crippen LogP contribution in [0.4, 0.5) is 0 Å². The molecule has 0 amide bonds. The summed E-state index contributed by atoms with van der Waals surface area (Å²) >= 11 is 0. The predicted molar refractivity (Wildman–Crippen MR) is 79.5 cm³/mol. The van der Waals surface area contributed by atoms with Crippen LogP contribution in [0.15, 0.2) is 54.6 Å². The number of carboxylic acid groups (broad SMARTS) is 1. The van der Waals surface area contributed by atoms with Crippen molar-refractivity contribution in [3.8, 4) is 0 Å². The third kappa shape index (κ3) is 3.45. The topological polar surface area (TPSA) is 49.3 Å². The fraction of sp³-hybridized carbons (Fsp3) is 0.235. The highest BCUT2D eigenvalue weighted by atomic mass is 16.4. The van der Waals surface area contributed by atoms with Gasteiger partial charge in [-0.2, -0.15) is 0 Å². The molecular formula is C17H19NO2. The normalized spacial score (nSPS) is 12.1. The van der Waals surface area contributed by atoms with Gasteiger partial charge in [0.2, 0.25) is 0 Å². The van der Waals surface area contributed by atoms with Gasteiger partial charge in [0.05, 0.1) is 0 Å². The molecule has 2 aromatic carbocycles. The van der Waals surface area contributed by atoms with E-state index in [1.54, 1.807) is 0 Å². The molecule has 0 aliphatic carbocycles. The quantitative estimate of drug-likeness (QED) is 0.847. The van der Waals surface area contributed by atoms with Gasteiger partial charge in [0.15, 0.2) is 0 Å². The van der Waals surface area contributed by atoms with E-state index in [-0.39, 0.29) is 0 Å². The number of carbonyl (C=O) groups is 1. The number of aliphatic carboxylic acids is 1. The van der Waals surface area contributed by atoms with E-state index in [9.17, 15) is 9.90 Å². The van der Waals surface area contributed by atoms with Gasteiger partial charge >= 0.3 is 5.97 Å². The number of aryl methyl sites for hydroxylation is 1. The Morgan fingerprint density at radius 1 is 1.05 bits per heavy atom. The molecule has 1 atom stereocenters. The lowest BCUT2D eigenvalue weighted by molar-refractivity contribution is -0.139. The maximum Gasteiger partial charge on any atom is 0.325 e. The SMILES string of the molecule is CCc1ccccc1CNC(C(=O)O)c1ccccc1. The molecule has 3 nitrogen and oxygen atoms in total. The lowest BCUT2D eigenvalue weighted by atomic mass is 10.0. The maximum absolute atomic E-state index is 11.4. The Labute approximate surface area is 119 Å². The van der Waals surface area contributed by atoms with Gasteiger partial charge in [0, 0.05) is 6.54 Å². The van der Waals surface area contributed by atoms with Crippen LogP contribution in [0.1, 0.15) is 29.7 Å². The second-order valence-corrected chi connectivity index (χ2v) is 4.69. The van der Waals surface area contributed by atoms with Crippen LogP contribution < -0.4 is 5.32 Å². The van der Waals surface area contributed by atoms with Gasteiger partial charge in [-0.05, 0) is 23.1 Å². The first-order valence-corrected chi connectivity index (χ1v) is 6.80. The molecule has 0 spiro atoms. The summed E-state index contributed by atoms with van der Waals surface area (Å²) in [5, 5.41) is 12.5. The third-order valence-electron chi connectivity index (χ3n) is 3.38. The number of hydrogen-bond donors (Lipinski definition) is 2. The van der Waals surface area contributed by atoms with Crippen molar-refractivity contribution in [2.45, 2.75) is 25.9 Å². The lowest BCUT2D eigenvalue weighted by Crippen LogP contribution is -2.28. The summed E-state index contributed by atoms with van der Waals surface area (Å²) in [6.45, 7) is 2.65. The number of nitrogens with one attached hydrogen (secondary N) is 1. The van der Waals surface area contributed by atoms with Crippen molar-refractivity contribution in [2.24, 2.45) is 0 Å². The maximum atomic E-state index is 11.4. The molecule has 2 N–H and O–H groups in total. The van der Waals surface area contributed by atoms with E-state index in [1.165, 1.54) is 5.56 Å². The summed E-state index contributed by atoms with van der Waals surface area (Å²) in [6.07, 6.45) is 0.945. The highest BCUT2D eigenvalue weighted by Crippen LogP contribution is 2.15. The molecule has 2 aromatic rings. The van der Waals surface area contributed by atoms with Crippen molar-refractivity contribution in [3.05, 3.63) is 71.3 Å². The van der Waals surface area contributed by atoms with E-state index < -0.39 is 12.0 Å². The minimum Gasteiger partial charge on any atom is -0.480 e. The fourth-order valence-corrected chi connectivity index (χ4v) is 2.28. The zero-order valence-electron chi connectivity index (χ0n) is 11.5. The van der Waals surface area contributed by atoms with Crippen molar-refractivity contribution in [3.63, 3.8) is 0 Å². The molecule has 0 saturated heterocycles. The molecule has 2 rings (SSSR count). The summed E-state index contributed by atoms with van der Waals surface area (Å²) in [5.74, 6) is -0.856. The van der Waals surface area contributed by atoms with Crippen LogP contribution in [-0.4, -0.2) is 11.1 Å². The molecule has 0 fully saturated rings. The Kier molecular flexibility index (Phi) is 4.91. The van der Waals surface area contributed by atoms with E-state index in [0.29, 0.717) is 6.54 Å². The molecule has 0 aliphatic heterocycles. The smallest absolute Gasteiger partial charge is 0.325 e. The summed E-state index contributed by atoms with van der Waals surface area (Å²) in [6, 6.07) is 16.7. The van der Waals surface area contributed by atoms with Crippen LogP contribution in [0.25, 0.3) is 0 Å². The Morgan fingerprint density at radius 2 is 1.65 bits per heavy atom. The zero-order valence-corrected chi connectivity index (χ0v) is 11.5. The predicted octanol–water partition coefficient (Wildman–Crippen LogP) is 3.16. The number of rotatable bonds is 6.